The third kappa shape index (κ3) is 2.67. The molecule has 1 aromatic rings. The second kappa shape index (κ2) is 5.05. The standard InChI is InChI=1S/C14H18BrN/c1-10-8-13(9-11(2)14(10)15)16-12-6-4-3-5-7-12/h4,6,8-9,12,16H,3,5,7H2,1-2H3. The Morgan fingerprint density at radius 2 is 1.94 bits per heavy atom. The van der Waals surface area contributed by atoms with Gasteiger partial charge in [0.25, 0.3) is 0 Å². The molecule has 0 bridgehead atoms. The van der Waals surface area contributed by atoms with Crippen LogP contribution >= 0.6 is 15.9 Å². The molecule has 16 heavy (non-hydrogen) atoms. The molecule has 0 heterocycles. The number of benzene rings is 1. The van der Waals surface area contributed by atoms with E-state index in [4.69, 9.17) is 0 Å². The maximum Gasteiger partial charge on any atom is 0.0444 e. The Hall–Kier alpha value is -0.760. The third-order valence-corrected chi connectivity index (χ3v) is 4.29. The van der Waals surface area contributed by atoms with Gasteiger partial charge in [-0.15, -0.1) is 0 Å². The summed E-state index contributed by atoms with van der Waals surface area (Å²) in [7, 11) is 0. The largest absolute Gasteiger partial charge is 0.379 e. The molecule has 1 unspecified atom stereocenters. The molecule has 1 aromatic carbocycles. The maximum atomic E-state index is 3.60. The van der Waals surface area contributed by atoms with Gasteiger partial charge in [-0.05, 0) is 56.4 Å². The van der Waals surface area contributed by atoms with Crippen molar-refractivity contribution in [3.63, 3.8) is 0 Å². The fourth-order valence-electron chi connectivity index (χ4n) is 2.18. The number of aryl methyl sites for hydroxylation is 2. The lowest BCUT2D eigenvalue weighted by Gasteiger charge is -2.20. The summed E-state index contributed by atoms with van der Waals surface area (Å²) in [6, 6.07) is 4.92. The number of hydrogen-bond donors (Lipinski definition) is 1. The van der Waals surface area contributed by atoms with Gasteiger partial charge in [0.2, 0.25) is 0 Å². The Bertz CT molecular complexity index is 386. The van der Waals surface area contributed by atoms with E-state index in [1.165, 1.54) is 40.5 Å². The summed E-state index contributed by atoms with van der Waals surface area (Å²) in [6.45, 7) is 4.28. The lowest BCUT2D eigenvalue weighted by atomic mass is 10.0. The lowest BCUT2D eigenvalue weighted by molar-refractivity contribution is 0.673. The van der Waals surface area contributed by atoms with Crippen molar-refractivity contribution in [1.29, 1.82) is 0 Å². The van der Waals surface area contributed by atoms with Crippen LogP contribution in [0.3, 0.4) is 0 Å². The van der Waals surface area contributed by atoms with E-state index >= 15 is 0 Å². The van der Waals surface area contributed by atoms with Crippen molar-refractivity contribution in [3.05, 3.63) is 39.9 Å². The molecule has 0 radical (unpaired) electrons. The summed E-state index contributed by atoms with van der Waals surface area (Å²) in [5, 5.41) is 3.58. The Kier molecular flexibility index (Phi) is 3.70. The molecule has 0 aliphatic heterocycles. The highest BCUT2D eigenvalue weighted by atomic mass is 79.9. The van der Waals surface area contributed by atoms with Crippen molar-refractivity contribution in [2.24, 2.45) is 0 Å². The van der Waals surface area contributed by atoms with E-state index in [1.807, 2.05) is 0 Å². The fourth-order valence-corrected chi connectivity index (χ4v) is 2.40. The number of rotatable bonds is 2. The highest BCUT2D eigenvalue weighted by Gasteiger charge is 2.09. The second-order valence-corrected chi connectivity index (χ2v) is 5.33. The minimum atomic E-state index is 0.508. The van der Waals surface area contributed by atoms with Crippen molar-refractivity contribution in [1.82, 2.24) is 0 Å². The first kappa shape index (κ1) is 11.7. The van der Waals surface area contributed by atoms with Crippen molar-refractivity contribution < 1.29 is 0 Å². The van der Waals surface area contributed by atoms with Crippen LogP contribution in [0.1, 0.15) is 30.4 Å². The van der Waals surface area contributed by atoms with E-state index in [0.29, 0.717) is 6.04 Å². The molecule has 1 atom stereocenters. The van der Waals surface area contributed by atoms with Gasteiger partial charge in [0, 0.05) is 16.2 Å². The van der Waals surface area contributed by atoms with Crippen molar-refractivity contribution in [3.8, 4) is 0 Å². The van der Waals surface area contributed by atoms with Gasteiger partial charge >= 0.3 is 0 Å². The van der Waals surface area contributed by atoms with Crippen LogP contribution < -0.4 is 5.32 Å². The molecule has 1 aliphatic rings. The Labute approximate surface area is 106 Å². The quantitative estimate of drug-likeness (QED) is 0.781. The van der Waals surface area contributed by atoms with E-state index in [-0.39, 0.29) is 0 Å². The number of allylic oxidation sites excluding steroid dienone is 1. The molecular formula is C14H18BrN. The van der Waals surface area contributed by atoms with Crippen LogP contribution in [0.2, 0.25) is 0 Å². The Morgan fingerprint density at radius 1 is 1.25 bits per heavy atom. The van der Waals surface area contributed by atoms with Gasteiger partial charge in [-0.2, -0.15) is 0 Å². The van der Waals surface area contributed by atoms with Crippen molar-refractivity contribution in [2.75, 3.05) is 5.32 Å². The highest BCUT2D eigenvalue weighted by molar-refractivity contribution is 9.10. The number of anilines is 1. The molecule has 1 N–H and O–H groups in total. The van der Waals surface area contributed by atoms with Crippen LogP contribution in [0, 0.1) is 13.8 Å². The first-order valence-electron chi connectivity index (χ1n) is 5.87. The maximum absolute atomic E-state index is 3.60. The molecule has 0 aromatic heterocycles. The van der Waals surface area contributed by atoms with Gasteiger partial charge in [-0.25, -0.2) is 0 Å². The first-order chi connectivity index (χ1) is 7.66. The normalized spacial score (nSPS) is 19.8. The van der Waals surface area contributed by atoms with Crippen LogP contribution in [-0.2, 0) is 0 Å². The molecule has 0 spiro atoms. The minimum absolute atomic E-state index is 0.508. The Balaban J connectivity index is 2.15. The van der Waals surface area contributed by atoms with Crippen LogP contribution in [0.25, 0.3) is 0 Å². The smallest absolute Gasteiger partial charge is 0.0444 e. The van der Waals surface area contributed by atoms with Crippen LogP contribution in [-0.4, -0.2) is 6.04 Å². The van der Waals surface area contributed by atoms with Crippen LogP contribution in [0.5, 0.6) is 0 Å². The van der Waals surface area contributed by atoms with E-state index in [0.717, 1.165) is 0 Å². The molecule has 0 fully saturated rings. The summed E-state index contributed by atoms with van der Waals surface area (Å²) in [5.74, 6) is 0. The topological polar surface area (TPSA) is 12.0 Å². The monoisotopic (exact) mass is 279 g/mol. The second-order valence-electron chi connectivity index (χ2n) is 4.53. The number of halogens is 1. The molecule has 0 saturated heterocycles. The predicted octanol–water partition coefficient (Wildman–Crippen LogP) is 4.59. The summed E-state index contributed by atoms with van der Waals surface area (Å²) >= 11 is 3.60. The predicted molar refractivity (Wildman–Crippen MR) is 74.0 cm³/mol. The van der Waals surface area contributed by atoms with Gasteiger partial charge in [0.05, 0.1) is 0 Å². The summed E-state index contributed by atoms with van der Waals surface area (Å²) < 4.78 is 1.22. The SMILES string of the molecule is Cc1cc(NC2C=CCCC2)cc(C)c1Br. The van der Waals surface area contributed by atoms with Crippen LogP contribution in [0.4, 0.5) is 5.69 Å². The van der Waals surface area contributed by atoms with Gasteiger partial charge in [-0.1, -0.05) is 28.1 Å². The molecule has 1 nitrogen and oxygen atoms in total. The highest BCUT2D eigenvalue weighted by Crippen LogP contribution is 2.26. The van der Waals surface area contributed by atoms with E-state index in [9.17, 15) is 0 Å². The Morgan fingerprint density at radius 3 is 2.50 bits per heavy atom. The van der Waals surface area contributed by atoms with Crippen molar-refractivity contribution >= 4 is 21.6 Å². The number of nitrogens with one attached hydrogen (secondary N) is 1. The molecular weight excluding hydrogens is 262 g/mol. The van der Waals surface area contributed by atoms with E-state index in [2.05, 4.69) is 59.4 Å². The summed E-state index contributed by atoms with van der Waals surface area (Å²) in [4.78, 5) is 0. The molecule has 1 aliphatic carbocycles. The van der Waals surface area contributed by atoms with Gasteiger partial charge in [0.15, 0.2) is 0 Å². The minimum Gasteiger partial charge on any atom is -0.379 e. The average molecular weight is 280 g/mol. The molecule has 0 amide bonds. The van der Waals surface area contributed by atoms with Crippen molar-refractivity contribution in [2.45, 2.75) is 39.2 Å². The summed E-state index contributed by atoms with van der Waals surface area (Å²) in [6.07, 6.45) is 8.33. The van der Waals surface area contributed by atoms with E-state index < -0.39 is 0 Å². The number of hydrogen-bond acceptors (Lipinski definition) is 1. The van der Waals surface area contributed by atoms with Gasteiger partial charge in [0.1, 0.15) is 0 Å². The molecule has 0 saturated carbocycles. The summed E-state index contributed by atoms with van der Waals surface area (Å²) in [5.41, 5.74) is 3.82. The fraction of sp³-hybridized carbons (Fsp3) is 0.429. The zero-order valence-corrected chi connectivity index (χ0v) is 11.5. The molecule has 2 rings (SSSR count). The van der Waals surface area contributed by atoms with E-state index in [1.54, 1.807) is 0 Å². The lowest BCUT2D eigenvalue weighted by Crippen LogP contribution is -2.18. The van der Waals surface area contributed by atoms with Crippen LogP contribution in [0.15, 0.2) is 28.8 Å². The average Bonchev–Trinajstić information content (AvgIpc) is 2.27. The molecule has 86 valence electrons. The zero-order chi connectivity index (χ0) is 11.5. The van der Waals surface area contributed by atoms with Gasteiger partial charge < -0.3 is 5.32 Å². The zero-order valence-electron chi connectivity index (χ0n) is 9.89. The first-order valence-corrected chi connectivity index (χ1v) is 6.66. The molecule has 2 heteroatoms. The van der Waals surface area contributed by atoms with Gasteiger partial charge in [-0.3, -0.25) is 0 Å². The third-order valence-electron chi connectivity index (χ3n) is 3.04.